The van der Waals surface area contributed by atoms with Gasteiger partial charge in [0.1, 0.15) is 5.60 Å². The normalized spacial score (nSPS) is 17.4. The Morgan fingerprint density at radius 3 is 2.29 bits per heavy atom. The first-order valence-corrected chi connectivity index (χ1v) is 11.3. The maximum atomic E-state index is 12.3. The van der Waals surface area contributed by atoms with Crippen molar-refractivity contribution in [2.45, 2.75) is 64.4 Å². The maximum absolute atomic E-state index is 12.3. The number of carbonyl (C=O) groups excluding carboxylic acids is 1. The predicted octanol–water partition coefficient (Wildman–Crippen LogP) is 4.37. The minimum absolute atomic E-state index is 0.123. The van der Waals surface area contributed by atoms with Crippen LogP contribution >= 0.6 is 0 Å². The summed E-state index contributed by atoms with van der Waals surface area (Å²) in [6.45, 7) is 11.0. The van der Waals surface area contributed by atoms with Gasteiger partial charge < -0.3 is 9.64 Å². The largest absolute Gasteiger partial charge is 0.444 e. The molecule has 1 saturated heterocycles. The second-order valence-electron chi connectivity index (χ2n) is 8.80. The van der Waals surface area contributed by atoms with Crippen molar-refractivity contribution in [1.82, 2.24) is 4.90 Å². The molecule has 0 N–H and O–H groups in total. The number of hydrogen-bond donors (Lipinski definition) is 0. The van der Waals surface area contributed by atoms with E-state index in [1.54, 1.807) is 29.2 Å². The Kier molecular flexibility index (Phi) is 7.51. The molecule has 1 aromatic carbocycles. The second-order valence-corrected chi connectivity index (χ2v) is 10.4. The maximum Gasteiger partial charge on any atom is 0.410 e. The summed E-state index contributed by atoms with van der Waals surface area (Å²) in [6, 6.07) is 6.67. The first-order chi connectivity index (χ1) is 13.0. The zero-order chi connectivity index (χ0) is 20.9. The van der Waals surface area contributed by atoms with Crippen LogP contribution in [-0.4, -0.2) is 44.7 Å². The number of amides is 1. The lowest BCUT2D eigenvalue weighted by Gasteiger charge is -2.34. The average molecular weight is 412 g/mol. The Morgan fingerprint density at radius 1 is 1.18 bits per heavy atom. The van der Waals surface area contributed by atoms with Crippen molar-refractivity contribution in [3.8, 4) is 0 Å². The number of aryl methyl sites for hydroxylation is 1. The molecule has 158 valence electrons. The number of piperidine rings is 1. The summed E-state index contributed by atoms with van der Waals surface area (Å²) in [5, 5.41) is 0. The van der Waals surface area contributed by atoms with E-state index in [1.807, 2.05) is 34.6 Å². The van der Waals surface area contributed by atoms with E-state index in [-0.39, 0.29) is 23.5 Å². The molecule has 1 aliphatic rings. The van der Waals surface area contributed by atoms with Gasteiger partial charge in [0.25, 0.3) is 10.1 Å². The number of benzene rings is 1. The second kappa shape index (κ2) is 9.27. The molecule has 0 aliphatic carbocycles. The summed E-state index contributed by atoms with van der Waals surface area (Å²) in [5.41, 5.74) is 0.521. The van der Waals surface area contributed by atoms with Gasteiger partial charge in [-0.2, -0.15) is 8.42 Å². The lowest BCUT2D eigenvalue weighted by molar-refractivity contribution is 0.0173. The molecule has 1 atom stereocenters. The van der Waals surface area contributed by atoms with E-state index in [1.165, 1.54) is 0 Å². The average Bonchev–Trinajstić information content (AvgIpc) is 2.59. The highest BCUT2D eigenvalue weighted by Crippen LogP contribution is 2.26. The summed E-state index contributed by atoms with van der Waals surface area (Å²) in [6.07, 6.45) is 2.42. The zero-order valence-corrected chi connectivity index (χ0v) is 18.4. The highest BCUT2D eigenvalue weighted by Gasteiger charge is 2.28. The molecule has 1 unspecified atom stereocenters. The fraction of sp³-hybridized carbons (Fsp3) is 0.667. The van der Waals surface area contributed by atoms with Crippen molar-refractivity contribution in [1.29, 1.82) is 0 Å². The van der Waals surface area contributed by atoms with Crippen molar-refractivity contribution in [2.24, 2.45) is 11.8 Å². The Hall–Kier alpha value is -1.60. The van der Waals surface area contributed by atoms with Gasteiger partial charge in [0, 0.05) is 13.1 Å². The smallest absolute Gasteiger partial charge is 0.410 e. The summed E-state index contributed by atoms with van der Waals surface area (Å²) in [7, 11) is -3.72. The predicted molar refractivity (Wildman–Crippen MR) is 109 cm³/mol. The van der Waals surface area contributed by atoms with Crippen LogP contribution in [0.2, 0.25) is 0 Å². The minimum atomic E-state index is -3.72. The molecule has 0 aromatic heterocycles. The molecule has 0 radical (unpaired) electrons. The van der Waals surface area contributed by atoms with E-state index in [0.717, 1.165) is 24.8 Å². The van der Waals surface area contributed by atoms with Crippen LogP contribution in [0.4, 0.5) is 4.79 Å². The van der Waals surface area contributed by atoms with Gasteiger partial charge in [-0.05, 0) is 70.9 Å². The molecule has 1 aliphatic heterocycles. The van der Waals surface area contributed by atoms with Crippen molar-refractivity contribution in [3.63, 3.8) is 0 Å². The molecule has 28 heavy (non-hydrogen) atoms. The van der Waals surface area contributed by atoms with Crippen molar-refractivity contribution in [2.75, 3.05) is 19.7 Å². The number of rotatable bonds is 6. The van der Waals surface area contributed by atoms with Crippen LogP contribution in [0, 0.1) is 18.8 Å². The summed E-state index contributed by atoms with van der Waals surface area (Å²) >= 11 is 0. The van der Waals surface area contributed by atoms with Gasteiger partial charge >= 0.3 is 6.09 Å². The minimum Gasteiger partial charge on any atom is -0.444 e. The van der Waals surface area contributed by atoms with Crippen LogP contribution in [-0.2, 0) is 19.0 Å². The van der Waals surface area contributed by atoms with E-state index in [4.69, 9.17) is 8.92 Å². The molecule has 0 bridgehead atoms. The summed E-state index contributed by atoms with van der Waals surface area (Å²) in [4.78, 5) is 14.1. The molecular formula is C21H33NO5S. The van der Waals surface area contributed by atoms with Gasteiger partial charge in [-0.1, -0.05) is 24.6 Å². The molecule has 1 amide bonds. The van der Waals surface area contributed by atoms with Gasteiger partial charge in [-0.15, -0.1) is 0 Å². The molecule has 1 aromatic rings. The standard InChI is InChI=1S/C21H33NO5S/c1-16-6-8-19(9-7-16)28(24,25)26-15-17(2)14-18-10-12-22(13-11-18)20(23)27-21(3,4)5/h6-9,17-18H,10-15H2,1-5H3. The third kappa shape index (κ3) is 7.09. The SMILES string of the molecule is Cc1ccc(S(=O)(=O)OCC(C)CC2CCN(C(=O)OC(C)(C)C)CC2)cc1. The van der Waals surface area contributed by atoms with E-state index in [0.29, 0.717) is 19.0 Å². The number of hydrogen-bond acceptors (Lipinski definition) is 5. The van der Waals surface area contributed by atoms with E-state index in [9.17, 15) is 13.2 Å². The van der Waals surface area contributed by atoms with Crippen LogP contribution in [0.3, 0.4) is 0 Å². The Labute approximate surface area is 169 Å². The van der Waals surface area contributed by atoms with Crippen molar-refractivity contribution in [3.05, 3.63) is 29.8 Å². The highest BCUT2D eigenvalue weighted by molar-refractivity contribution is 7.86. The quantitative estimate of drug-likeness (QED) is 0.650. The molecular weight excluding hydrogens is 378 g/mol. The fourth-order valence-corrected chi connectivity index (χ4v) is 4.31. The number of likely N-dealkylation sites (tertiary alicyclic amines) is 1. The molecule has 2 rings (SSSR count). The van der Waals surface area contributed by atoms with Gasteiger partial charge in [0.2, 0.25) is 0 Å². The first kappa shape index (κ1) is 22.7. The number of ether oxygens (including phenoxy) is 1. The Balaban J connectivity index is 1.76. The molecule has 7 heteroatoms. The lowest BCUT2D eigenvalue weighted by Crippen LogP contribution is -2.42. The summed E-state index contributed by atoms with van der Waals surface area (Å²) < 4.78 is 35.3. The first-order valence-electron chi connectivity index (χ1n) is 9.90. The van der Waals surface area contributed by atoms with Gasteiger partial charge in [0.05, 0.1) is 11.5 Å². The van der Waals surface area contributed by atoms with Crippen LogP contribution < -0.4 is 0 Å². The molecule has 1 fully saturated rings. The Bertz CT molecular complexity index is 744. The van der Waals surface area contributed by atoms with E-state index in [2.05, 4.69) is 0 Å². The zero-order valence-electron chi connectivity index (χ0n) is 17.6. The molecule has 0 saturated carbocycles. The van der Waals surface area contributed by atoms with Gasteiger partial charge in [-0.25, -0.2) is 4.79 Å². The van der Waals surface area contributed by atoms with Gasteiger partial charge in [-0.3, -0.25) is 4.18 Å². The number of carbonyl (C=O) groups is 1. The molecule has 6 nitrogen and oxygen atoms in total. The number of nitrogens with zero attached hydrogens (tertiary/aromatic N) is 1. The van der Waals surface area contributed by atoms with Gasteiger partial charge in [0.15, 0.2) is 0 Å². The van der Waals surface area contributed by atoms with Crippen LogP contribution in [0.1, 0.15) is 52.5 Å². The van der Waals surface area contributed by atoms with Crippen molar-refractivity contribution >= 4 is 16.2 Å². The summed E-state index contributed by atoms with van der Waals surface area (Å²) in [5.74, 6) is 0.581. The van der Waals surface area contributed by atoms with Crippen LogP contribution in [0.15, 0.2) is 29.2 Å². The fourth-order valence-electron chi connectivity index (χ4n) is 3.29. The van der Waals surface area contributed by atoms with E-state index >= 15 is 0 Å². The molecule has 1 heterocycles. The monoisotopic (exact) mass is 411 g/mol. The van der Waals surface area contributed by atoms with Crippen LogP contribution in [0.25, 0.3) is 0 Å². The highest BCUT2D eigenvalue weighted by atomic mass is 32.2. The lowest BCUT2D eigenvalue weighted by atomic mass is 9.88. The third-order valence-corrected chi connectivity index (χ3v) is 6.12. The topological polar surface area (TPSA) is 72.9 Å². The van der Waals surface area contributed by atoms with E-state index < -0.39 is 15.7 Å². The Morgan fingerprint density at radius 2 is 1.75 bits per heavy atom. The van der Waals surface area contributed by atoms with Crippen molar-refractivity contribution < 1.29 is 22.1 Å². The third-order valence-electron chi connectivity index (χ3n) is 4.82. The van der Waals surface area contributed by atoms with Crippen LogP contribution in [0.5, 0.6) is 0 Å². The molecule has 0 spiro atoms.